The number of hydrogen-bond acceptors (Lipinski definition) is 0. The topological polar surface area (TPSA) is 0 Å². The summed E-state index contributed by atoms with van der Waals surface area (Å²) in [5.74, 6) is 0.952. The maximum absolute atomic E-state index is 2.45. The van der Waals surface area contributed by atoms with Crippen LogP contribution in [0.3, 0.4) is 0 Å². The molecule has 0 fully saturated rings. The molecule has 0 aromatic rings. The van der Waals surface area contributed by atoms with Gasteiger partial charge in [-0.15, -0.1) is 0 Å². The summed E-state index contributed by atoms with van der Waals surface area (Å²) < 4.78 is 1.33. The quantitative estimate of drug-likeness (QED) is 0.391. The van der Waals surface area contributed by atoms with Gasteiger partial charge in [-0.3, -0.25) is 0 Å². The number of rotatable bonds is 5. The van der Waals surface area contributed by atoms with Crippen LogP contribution >= 0.6 is 22.6 Å². The van der Waals surface area contributed by atoms with E-state index < -0.39 is 0 Å². The van der Waals surface area contributed by atoms with Crippen LogP contribution in [0.5, 0.6) is 0 Å². The summed E-state index contributed by atoms with van der Waals surface area (Å²) in [5, 5.41) is 0. The first kappa shape index (κ1) is 9.73. The minimum atomic E-state index is 0.952. The molecule has 0 aliphatic carbocycles. The van der Waals surface area contributed by atoms with Crippen molar-refractivity contribution in [2.75, 3.05) is 4.43 Å². The van der Waals surface area contributed by atoms with Crippen LogP contribution in [0.4, 0.5) is 0 Å². The van der Waals surface area contributed by atoms with Crippen molar-refractivity contribution >= 4 is 22.6 Å². The molecule has 56 valence electrons. The van der Waals surface area contributed by atoms with Crippen molar-refractivity contribution in [3.05, 3.63) is 0 Å². The van der Waals surface area contributed by atoms with Crippen LogP contribution in [0.15, 0.2) is 0 Å². The average Bonchev–Trinajstić information content (AvgIpc) is 1.89. The molecular formula is C8H17I. The van der Waals surface area contributed by atoms with Crippen molar-refractivity contribution in [2.45, 2.75) is 39.5 Å². The van der Waals surface area contributed by atoms with Gasteiger partial charge < -0.3 is 0 Å². The first-order valence-electron chi connectivity index (χ1n) is 3.87. The van der Waals surface area contributed by atoms with E-state index in [0.717, 1.165) is 5.92 Å². The van der Waals surface area contributed by atoms with E-state index in [4.69, 9.17) is 0 Å². The molecule has 0 spiro atoms. The Labute approximate surface area is 72.6 Å². The maximum Gasteiger partial charge on any atom is -0.000473 e. The lowest BCUT2D eigenvalue weighted by Crippen LogP contribution is -1.91. The molecule has 0 rings (SSSR count). The summed E-state index contributed by atoms with van der Waals surface area (Å²) in [6.45, 7) is 4.61. The van der Waals surface area contributed by atoms with Gasteiger partial charge in [0.25, 0.3) is 0 Å². The van der Waals surface area contributed by atoms with Crippen molar-refractivity contribution < 1.29 is 0 Å². The maximum atomic E-state index is 2.45. The normalized spacial score (nSPS) is 13.7. The second kappa shape index (κ2) is 6.84. The highest BCUT2D eigenvalue weighted by atomic mass is 127. The molecule has 1 heteroatoms. The first-order chi connectivity index (χ1) is 4.31. The number of unbranched alkanes of at least 4 members (excludes halogenated alkanes) is 1. The van der Waals surface area contributed by atoms with Crippen molar-refractivity contribution in [3.8, 4) is 0 Å². The molecule has 1 unspecified atom stereocenters. The van der Waals surface area contributed by atoms with Crippen molar-refractivity contribution in [1.29, 1.82) is 0 Å². The van der Waals surface area contributed by atoms with Gasteiger partial charge in [0.15, 0.2) is 0 Å². The highest BCUT2D eigenvalue weighted by molar-refractivity contribution is 14.1. The van der Waals surface area contributed by atoms with Crippen LogP contribution in [0.2, 0.25) is 0 Å². The van der Waals surface area contributed by atoms with E-state index in [1.54, 1.807) is 0 Å². The van der Waals surface area contributed by atoms with E-state index in [1.807, 2.05) is 0 Å². The number of alkyl halides is 1. The van der Waals surface area contributed by atoms with E-state index in [1.165, 1.54) is 30.1 Å². The fourth-order valence-electron chi connectivity index (χ4n) is 0.791. The molecule has 0 N–H and O–H groups in total. The Kier molecular flexibility index (Phi) is 7.40. The molecule has 0 aromatic heterocycles. The zero-order valence-electron chi connectivity index (χ0n) is 6.49. The monoisotopic (exact) mass is 240 g/mol. The van der Waals surface area contributed by atoms with Crippen LogP contribution in [0, 0.1) is 5.92 Å². The summed E-state index contributed by atoms with van der Waals surface area (Å²) in [4.78, 5) is 0. The zero-order valence-corrected chi connectivity index (χ0v) is 8.65. The van der Waals surface area contributed by atoms with E-state index >= 15 is 0 Å². The Bertz CT molecular complexity index is 52.5. The third-order valence-corrected chi connectivity index (χ3v) is 2.54. The van der Waals surface area contributed by atoms with Gasteiger partial charge in [-0.1, -0.05) is 55.7 Å². The fraction of sp³-hybridized carbons (Fsp3) is 1.00. The summed E-state index contributed by atoms with van der Waals surface area (Å²) >= 11 is 2.45. The molecule has 0 amide bonds. The highest BCUT2D eigenvalue weighted by Gasteiger charge is 1.96. The van der Waals surface area contributed by atoms with Crippen LogP contribution in [-0.2, 0) is 0 Å². The smallest absolute Gasteiger partial charge is 0.000473 e. The minimum Gasteiger partial charge on any atom is -0.0864 e. The summed E-state index contributed by atoms with van der Waals surface area (Å²) in [6, 6.07) is 0. The van der Waals surface area contributed by atoms with Gasteiger partial charge in [0.05, 0.1) is 0 Å². The molecule has 0 saturated heterocycles. The molecule has 0 heterocycles. The van der Waals surface area contributed by atoms with Crippen molar-refractivity contribution in [1.82, 2.24) is 0 Å². The zero-order chi connectivity index (χ0) is 7.11. The lowest BCUT2D eigenvalue weighted by Gasteiger charge is -2.05. The van der Waals surface area contributed by atoms with Gasteiger partial charge in [-0.05, 0) is 16.8 Å². The van der Waals surface area contributed by atoms with Gasteiger partial charge in [-0.2, -0.15) is 0 Å². The Morgan fingerprint density at radius 1 is 1.33 bits per heavy atom. The molecule has 0 aliphatic heterocycles. The van der Waals surface area contributed by atoms with Crippen LogP contribution < -0.4 is 0 Å². The molecule has 0 radical (unpaired) electrons. The molecule has 1 atom stereocenters. The second-order valence-electron chi connectivity index (χ2n) is 2.70. The standard InChI is InChI=1S/C8H17I/c1-3-8(2)6-4-5-7-9/h8H,3-7H2,1-2H3. The van der Waals surface area contributed by atoms with Gasteiger partial charge in [0.2, 0.25) is 0 Å². The fourth-order valence-corrected chi connectivity index (χ4v) is 1.33. The van der Waals surface area contributed by atoms with Crippen molar-refractivity contribution in [2.24, 2.45) is 5.92 Å². The van der Waals surface area contributed by atoms with E-state index in [0.29, 0.717) is 0 Å². The molecule has 9 heavy (non-hydrogen) atoms. The molecule has 0 bridgehead atoms. The minimum absolute atomic E-state index is 0.952. The Hall–Kier alpha value is 0.730. The third kappa shape index (κ3) is 6.62. The Morgan fingerprint density at radius 3 is 2.44 bits per heavy atom. The average molecular weight is 240 g/mol. The SMILES string of the molecule is CCC(C)CCCCI. The van der Waals surface area contributed by atoms with Gasteiger partial charge >= 0.3 is 0 Å². The third-order valence-electron chi connectivity index (χ3n) is 1.78. The molecule has 0 aromatic carbocycles. The van der Waals surface area contributed by atoms with E-state index in [-0.39, 0.29) is 0 Å². The molecule has 0 aliphatic rings. The van der Waals surface area contributed by atoms with Gasteiger partial charge in [0.1, 0.15) is 0 Å². The molecular weight excluding hydrogens is 223 g/mol. The lowest BCUT2D eigenvalue weighted by atomic mass is 10.0. The van der Waals surface area contributed by atoms with E-state index in [9.17, 15) is 0 Å². The summed E-state index contributed by atoms with van der Waals surface area (Å²) in [7, 11) is 0. The lowest BCUT2D eigenvalue weighted by molar-refractivity contribution is 0.494. The highest BCUT2D eigenvalue weighted by Crippen LogP contribution is 2.11. The molecule has 0 nitrogen and oxygen atoms in total. The second-order valence-corrected chi connectivity index (χ2v) is 3.78. The van der Waals surface area contributed by atoms with Gasteiger partial charge in [0, 0.05) is 0 Å². The Morgan fingerprint density at radius 2 is 2.00 bits per heavy atom. The molecule has 0 saturated carbocycles. The van der Waals surface area contributed by atoms with Crippen molar-refractivity contribution in [3.63, 3.8) is 0 Å². The summed E-state index contributed by atoms with van der Waals surface area (Å²) in [6.07, 6.45) is 5.61. The predicted molar refractivity (Wildman–Crippen MR) is 52.2 cm³/mol. The Balaban J connectivity index is 2.88. The number of halogens is 1. The van der Waals surface area contributed by atoms with Crippen LogP contribution in [0.1, 0.15) is 39.5 Å². The van der Waals surface area contributed by atoms with Gasteiger partial charge in [-0.25, -0.2) is 0 Å². The largest absolute Gasteiger partial charge is 0.0864 e. The van der Waals surface area contributed by atoms with E-state index in [2.05, 4.69) is 36.4 Å². The predicted octanol–water partition coefficient (Wildman–Crippen LogP) is 3.64. The first-order valence-corrected chi connectivity index (χ1v) is 5.39. The van der Waals surface area contributed by atoms with Crippen LogP contribution in [0.25, 0.3) is 0 Å². The summed E-state index contributed by atoms with van der Waals surface area (Å²) in [5.41, 5.74) is 0. The number of hydrogen-bond donors (Lipinski definition) is 0. The van der Waals surface area contributed by atoms with Crippen LogP contribution in [-0.4, -0.2) is 4.43 Å².